The Kier molecular flexibility index (Phi) is 6.82. The topological polar surface area (TPSA) is 67.9 Å². The summed E-state index contributed by atoms with van der Waals surface area (Å²) in [6.07, 6.45) is -0.0158. The first-order valence-electron chi connectivity index (χ1n) is 9.96. The van der Waals surface area contributed by atoms with Crippen LogP contribution in [0.5, 0.6) is 5.75 Å². The maximum atomic E-state index is 13.0. The van der Waals surface area contributed by atoms with Crippen LogP contribution >= 0.6 is 0 Å². The first-order valence-corrected chi connectivity index (χ1v) is 11.4. The van der Waals surface area contributed by atoms with Gasteiger partial charge in [-0.25, -0.2) is 8.42 Å². The summed E-state index contributed by atoms with van der Waals surface area (Å²) < 4.78 is 38.8. The Balaban J connectivity index is 1.90. The average molecular weight is 419 g/mol. The lowest BCUT2D eigenvalue weighted by Crippen LogP contribution is -2.40. The first-order chi connectivity index (χ1) is 13.8. The summed E-state index contributed by atoms with van der Waals surface area (Å²) in [4.78, 5) is 0.263. The first kappa shape index (κ1) is 21.6. The lowest BCUT2D eigenvalue weighted by atomic mass is 10.1. The second-order valence-corrected chi connectivity index (χ2v) is 9.56. The Morgan fingerprint density at radius 3 is 2.52 bits per heavy atom. The fourth-order valence-corrected chi connectivity index (χ4v) is 4.72. The molecular formula is C22H30N2O4S. The number of nitrogens with one attached hydrogen (secondary N) is 1. The molecule has 0 unspecified atom stereocenters. The maximum Gasteiger partial charge on any atom is 0.243 e. The third kappa shape index (κ3) is 5.29. The molecule has 1 fully saturated rings. The standard InChI is InChI=1S/C22H30N2O4S/c1-16(2)28-22-8-7-20(29(25,26)24-9-11-27-12-10-24)14-21(22)23-15-19-13-17(3)5-6-18(19)4/h5-8,13-14,16,23H,9-12,15H2,1-4H3. The molecule has 0 atom stereocenters. The third-order valence-electron chi connectivity index (χ3n) is 4.90. The van der Waals surface area contributed by atoms with E-state index in [1.54, 1.807) is 18.2 Å². The Morgan fingerprint density at radius 1 is 1.10 bits per heavy atom. The van der Waals surface area contributed by atoms with Gasteiger partial charge in [-0.3, -0.25) is 0 Å². The molecule has 2 aromatic rings. The minimum atomic E-state index is -3.57. The molecule has 0 aromatic heterocycles. The lowest BCUT2D eigenvalue weighted by Gasteiger charge is -2.26. The fourth-order valence-electron chi connectivity index (χ4n) is 3.28. The van der Waals surface area contributed by atoms with Crippen molar-refractivity contribution < 1.29 is 17.9 Å². The Labute approximate surface area is 173 Å². The molecule has 7 heteroatoms. The van der Waals surface area contributed by atoms with Crippen LogP contribution in [0.3, 0.4) is 0 Å². The molecule has 1 aliphatic rings. The molecule has 6 nitrogen and oxygen atoms in total. The van der Waals surface area contributed by atoms with Crippen LogP contribution < -0.4 is 10.1 Å². The smallest absolute Gasteiger partial charge is 0.243 e. The zero-order valence-electron chi connectivity index (χ0n) is 17.6. The van der Waals surface area contributed by atoms with Gasteiger partial charge in [-0.05, 0) is 57.0 Å². The molecule has 1 saturated heterocycles. The minimum absolute atomic E-state index is 0.0158. The van der Waals surface area contributed by atoms with Crippen molar-refractivity contribution in [1.29, 1.82) is 0 Å². The Bertz CT molecular complexity index is 951. The zero-order chi connectivity index (χ0) is 21.0. The van der Waals surface area contributed by atoms with Gasteiger partial charge in [0.2, 0.25) is 10.0 Å². The number of rotatable bonds is 7. The second kappa shape index (κ2) is 9.15. The second-order valence-electron chi connectivity index (χ2n) is 7.62. The van der Waals surface area contributed by atoms with Gasteiger partial charge < -0.3 is 14.8 Å². The molecule has 0 bridgehead atoms. The van der Waals surface area contributed by atoms with Crippen LogP contribution in [0, 0.1) is 13.8 Å². The van der Waals surface area contributed by atoms with Crippen molar-refractivity contribution in [2.45, 2.75) is 45.2 Å². The normalized spacial score (nSPS) is 15.5. The predicted octanol–water partition coefficient (Wildman–Crippen LogP) is 3.72. The fraction of sp³-hybridized carbons (Fsp3) is 0.455. The highest BCUT2D eigenvalue weighted by Gasteiger charge is 2.27. The number of nitrogens with zero attached hydrogens (tertiary/aromatic N) is 1. The highest BCUT2D eigenvalue weighted by Crippen LogP contribution is 2.31. The summed E-state index contributed by atoms with van der Waals surface area (Å²) in [6.45, 7) is 10.2. The monoisotopic (exact) mass is 418 g/mol. The van der Waals surface area contributed by atoms with Crippen LogP contribution in [0.4, 0.5) is 5.69 Å². The predicted molar refractivity (Wildman–Crippen MR) is 115 cm³/mol. The molecule has 1 aliphatic heterocycles. The van der Waals surface area contributed by atoms with E-state index in [2.05, 4.69) is 37.4 Å². The van der Waals surface area contributed by atoms with Crippen LogP contribution in [-0.2, 0) is 21.3 Å². The van der Waals surface area contributed by atoms with Gasteiger partial charge in [-0.1, -0.05) is 23.8 Å². The number of anilines is 1. The van der Waals surface area contributed by atoms with Crippen molar-refractivity contribution in [3.8, 4) is 5.75 Å². The average Bonchev–Trinajstić information content (AvgIpc) is 2.69. The van der Waals surface area contributed by atoms with E-state index in [1.807, 2.05) is 13.8 Å². The molecule has 3 rings (SSSR count). The van der Waals surface area contributed by atoms with Gasteiger partial charge >= 0.3 is 0 Å². The van der Waals surface area contributed by atoms with Crippen LogP contribution in [0.1, 0.15) is 30.5 Å². The SMILES string of the molecule is Cc1ccc(C)c(CNc2cc(S(=O)(=O)N3CCOCC3)ccc2OC(C)C)c1. The molecule has 158 valence electrons. The van der Waals surface area contributed by atoms with E-state index < -0.39 is 10.0 Å². The molecule has 0 radical (unpaired) electrons. The van der Waals surface area contributed by atoms with Gasteiger partial charge in [-0.15, -0.1) is 0 Å². The zero-order valence-corrected chi connectivity index (χ0v) is 18.4. The van der Waals surface area contributed by atoms with Gasteiger partial charge in [0.1, 0.15) is 5.75 Å². The summed E-state index contributed by atoms with van der Waals surface area (Å²) in [7, 11) is -3.57. The van der Waals surface area contributed by atoms with E-state index >= 15 is 0 Å². The molecule has 1 N–H and O–H groups in total. The van der Waals surface area contributed by atoms with Crippen LogP contribution in [0.25, 0.3) is 0 Å². The number of hydrogen-bond acceptors (Lipinski definition) is 5. The quantitative estimate of drug-likeness (QED) is 0.742. The van der Waals surface area contributed by atoms with Crippen molar-refractivity contribution in [1.82, 2.24) is 4.31 Å². The molecule has 1 heterocycles. The van der Waals surface area contributed by atoms with Crippen molar-refractivity contribution in [3.05, 3.63) is 53.1 Å². The number of benzene rings is 2. The van der Waals surface area contributed by atoms with E-state index in [9.17, 15) is 8.42 Å². The van der Waals surface area contributed by atoms with E-state index in [0.717, 1.165) is 0 Å². The van der Waals surface area contributed by atoms with E-state index in [0.29, 0.717) is 44.3 Å². The number of morpholine rings is 1. The van der Waals surface area contributed by atoms with Gasteiger partial charge in [0.25, 0.3) is 0 Å². The van der Waals surface area contributed by atoms with Gasteiger partial charge in [-0.2, -0.15) is 4.31 Å². The van der Waals surface area contributed by atoms with E-state index in [1.165, 1.54) is 21.0 Å². The third-order valence-corrected chi connectivity index (χ3v) is 6.79. The summed E-state index contributed by atoms with van der Waals surface area (Å²) in [5.41, 5.74) is 4.22. The largest absolute Gasteiger partial charge is 0.489 e. The number of ether oxygens (including phenoxy) is 2. The van der Waals surface area contributed by atoms with Crippen molar-refractivity contribution in [2.24, 2.45) is 0 Å². The van der Waals surface area contributed by atoms with Gasteiger partial charge in [0, 0.05) is 19.6 Å². The van der Waals surface area contributed by atoms with Gasteiger partial charge in [0.15, 0.2) is 0 Å². The Morgan fingerprint density at radius 2 is 1.83 bits per heavy atom. The van der Waals surface area contributed by atoms with Crippen LogP contribution in [0.2, 0.25) is 0 Å². The summed E-state index contributed by atoms with van der Waals surface area (Å²) in [6, 6.07) is 11.3. The summed E-state index contributed by atoms with van der Waals surface area (Å²) in [5.74, 6) is 0.645. The molecule has 0 saturated carbocycles. The number of aryl methyl sites for hydroxylation is 2. The van der Waals surface area contributed by atoms with Gasteiger partial charge in [0.05, 0.1) is 29.9 Å². The number of sulfonamides is 1. The minimum Gasteiger partial charge on any atom is -0.489 e. The molecule has 2 aromatic carbocycles. The summed E-state index contributed by atoms with van der Waals surface area (Å²) >= 11 is 0. The van der Waals surface area contributed by atoms with Crippen molar-refractivity contribution in [2.75, 3.05) is 31.6 Å². The Hall–Kier alpha value is -2.09. The summed E-state index contributed by atoms with van der Waals surface area (Å²) in [5, 5.41) is 3.39. The lowest BCUT2D eigenvalue weighted by molar-refractivity contribution is 0.0730. The molecule has 0 spiro atoms. The van der Waals surface area contributed by atoms with Crippen LogP contribution in [-0.4, -0.2) is 45.1 Å². The molecule has 0 aliphatic carbocycles. The van der Waals surface area contributed by atoms with E-state index in [4.69, 9.17) is 9.47 Å². The van der Waals surface area contributed by atoms with Crippen molar-refractivity contribution >= 4 is 15.7 Å². The van der Waals surface area contributed by atoms with Crippen molar-refractivity contribution in [3.63, 3.8) is 0 Å². The van der Waals surface area contributed by atoms with E-state index in [-0.39, 0.29) is 11.0 Å². The molecule has 29 heavy (non-hydrogen) atoms. The number of hydrogen-bond donors (Lipinski definition) is 1. The highest BCUT2D eigenvalue weighted by molar-refractivity contribution is 7.89. The molecular weight excluding hydrogens is 388 g/mol. The maximum absolute atomic E-state index is 13.0. The van der Waals surface area contributed by atoms with Crippen LogP contribution in [0.15, 0.2) is 41.3 Å². The highest BCUT2D eigenvalue weighted by atomic mass is 32.2. The molecule has 0 amide bonds.